The summed E-state index contributed by atoms with van der Waals surface area (Å²) >= 11 is 5.92. The van der Waals surface area contributed by atoms with E-state index in [1.165, 1.54) is 17.3 Å². The van der Waals surface area contributed by atoms with E-state index in [1.807, 2.05) is 24.3 Å². The van der Waals surface area contributed by atoms with Gasteiger partial charge >= 0.3 is 0 Å². The second kappa shape index (κ2) is 6.20. The van der Waals surface area contributed by atoms with E-state index in [2.05, 4.69) is 15.1 Å². The zero-order chi connectivity index (χ0) is 18.3. The monoisotopic (exact) mass is 367 g/mol. The van der Waals surface area contributed by atoms with Crippen molar-refractivity contribution in [3.05, 3.63) is 64.6 Å². The van der Waals surface area contributed by atoms with Crippen molar-refractivity contribution >= 4 is 40.3 Å². The summed E-state index contributed by atoms with van der Waals surface area (Å²) in [7, 11) is 0. The van der Waals surface area contributed by atoms with Crippen molar-refractivity contribution in [2.45, 2.75) is 0 Å². The number of hydrogen-bond acceptors (Lipinski definition) is 5. The zero-order valence-electron chi connectivity index (χ0n) is 13.4. The molecule has 0 saturated carbocycles. The molecule has 2 heterocycles. The Morgan fingerprint density at radius 3 is 2.85 bits per heavy atom. The number of aliphatic hydroxyl groups excluding tert-OH is 1. The molecule has 0 fully saturated rings. The number of para-hydroxylation sites is 2. The number of hydrazone groups is 1. The van der Waals surface area contributed by atoms with Gasteiger partial charge in [-0.2, -0.15) is 5.10 Å². The summed E-state index contributed by atoms with van der Waals surface area (Å²) in [6.45, 7) is 0.0447. The molecule has 2 aromatic carbocycles. The van der Waals surface area contributed by atoms with Crippen molar-refractivity contribution in [3.8, 4) is 5.75 Å². The number of benzene rings is 2. The SMILES string of the molecule is N=C1C(c2nc3ccccc3[nH]2)=C(O)CN1N=Cc1cc(Cl)ccc1O. The predicted molar refractivity (Wildman–Crippen MR) is 101 cm³/mol. The van der Waals surface area contributed by atoms with Gasteiger partial charge in [-0.15, -0.1) is 0 Å². The number of aromatic amines is 1. The molecule has 0 radical (unpaired) electrons. The van der Waals surface area contributed by atoms with Gasteiger partial charge in [0.1, 0.15) is 29.5 Å². The van der Waals surface area contributed by atoms with Gasteiger partial charge in [0, 0.05) is 10.6 Å². The standard InChI is InChI=1S/C18H14ClN5O2/c19-11-5-6-14(25)10(7-11)8-21-24-9-15(26)16(17(24)20)18-22-12-3-1-2-4-13(12)23-18/h1-8,20,25-26H,9H2,(H,22,23). The number of aromatic hydroxyl groups is 1. The molecule has 0 amide bonds. The van der Waals surface area contributed by atoms with E-state index in [-0.39, 0.29) is 23.9 Å². The van der Waals surface area contributed by atoms with E-state index in [4.69, 9.17) is 17.0 Å². The van der Waals surface area contributed by atoms with Crippen LogP contribution >= 0.6 is 11.6 Å². The number of amidine groups is 1. The van der Waals surface area contributed by atoms with Crippen molar-refractivity contribution in [2.75, 3.05) is 6.54 Å². The number of H-pyrrole nitrogens is 1. The molecule has 4 N–H and O–H groups in total. The fraction of sp³-hybridized carbons (Fsp3) is 0.0556. The van der Waals surface area contributed by atoms with Crippen LogP contribution in [0, 0.1) is 5.41 Å². The first-order chi connectivity index (χ1) is 12.5. The molecular formula is C18H14ClN5O2. The second-order valence-electron chi connectivity index (χ2n) is 5.78. The van der Waals surface area contributed by atoms with Crippen LogP contribution in [0.3, 0.4) is 0 Å². The molecule has 7 nitrogen and oxygen atoms in total. The quantitative estimate of drug-likeness (QED) is 0.531. The number of hydrogen-bond donors (Lipinski definition) is 4. The van der Waals surface area contributed by atoms with Gasteiger partial charge in [-0.1, -0.05) is 23.7 Å². The lowest BCUT2D eigenvalue weighted by Crippen LogP contribution is -2.21. The number of aromatic nitrogens is 2. The summed E-state index contributed by atoms with van der Waals surface area (Å²) in [4.78, 5) is 7.53. The Kier molecular flexibility index (Phi) is 3.85. The summed E-state index contributed by atoms with van der Waals surface area (Å²) in [6.07, 6.45) is 1.39. The first kappa shape index (κ1) is 16.2. The maximum Gasteiger partial charge on any atom is 0.156 e. The van der Waals surface area contributed by atoms with Crippen molar-refractivity contribution in [3.63, 3.8) is 0 Å². The van der Waals surface area contributed by atoms with Gasteiger partial charge in [0.2, 0.25) is 0 Å². The van der Waals surface area contributed by atoms with Gasteiger partial charge in [-0.3, -0.25) is 5.41 Å². The molecule has 0 unspecified atom stereocenters. The van der Waals surface area contributed by atoms with E-state index < -0.39 is 0 Å². The minimum Gasteiger partial charge on any atom is -0.509 e. The van der Waals surface area contributed by atoms with E-state index in [1.54, 1.807) is 12.1 Å². The Hall–Kier alpha value is -3.32. The number of phenols is 1. The smallest absolute Gasteiger partial charge is 0.156 e. The molecule has 0 spiro atoms. The van der Waals surface area contributed by atoms with Crippen LogP contribution in [0.25, 0.3) is 16.6 Å². The largest absolute Gasteiger partial charge is 0.509 e. The van der Waals surface area contributed by atoms with Crippen LogP contribution < -0.4 is 0 Å². The highest BCUT2D eigenvalue weighted by molar-refractivity contribution is 6.31. The molecule has 1 aliphatic rings. The summed E-state index contributed by atoms with van der Waals surface area (Å²) in [5.74, 6) is 0.455. The number of imidazole rings is 1. The average molecular weight is 368 g/mol. The lowest BCUT2D eigenvalue weighted by molar-refractivity contribution is 0.358. The Morgan fingerprint density at radius 1 is 1.23 bits per heavy atom. The third-order valence-corrected chi connectivity index (χ3v) is 4.27. The van der Waals surface area contributed by atoms with E-state index in [9.17, 15) is 10.2 Å². The predicted octanol–water partition coefficient (Wildman–Crippen LogP) is 3.52. The molecule has 130 valence electrons. The molecule has 1 aromatic heterocycles. The van der Waals surface area contributed by atoms with Crippen LogP contribution in [0.1, 0.15) is 11.4 Å². The molecule has 8 heteroatoms. The van der Waals surface area contributed by atoms with E-state index in [0.29, 0.717) is 22.0 Å². The van der Waals surface area contributed by atoms with Gasteiger partial charge in [0.25, 0.3) is 0 Å². The number of halogens is 1. The Balaban J connectivity index is 1.62. The lowest BCUT2D eigenvalue weighted by Gasteiger charge is -2.11. The minimum absolute atomic E-state index is 0.00141. The fourth-order valence-electron chi connectivity index (χ4n) is 2.74. The molecule has 4 rings (SSSR count). The van der Waals surface area contributed by atoms with Crippen molar-refractivity contribution < 1.29 is 10.2 Å². The van der Waals surface area contributed by atoms with Gasteiger partial charge in [-0.05, 0) is 30.3 Å². The first-order valence-corrected chi connectivity index (χ1v) is 8.17. The van der Waals surface area contributed by atoms with Crippen LogP contribution in [-0.4, -0.2) is 43.8 Å². The van der Waals surface area contributed by atoms with Gasteiger partial charge < -0.3 is 15.2 Å². The van der Waals surface area contributed by atoms with Crippen LogP contribution in [-0.2, 0) is 0 Å². The van der Waals surface area contributed by atoms with E-state index in [0.717, 1.165) is 11.0 Å². The van der Waals surface area contributed by atoms with Gasteiger partial charge in [0.05, 0.1) is 17.2 Å². The molecule has 0 bridgehead atoms. The maximum atomic E-state index is 10.3. The number of aliphatic hydroxyl groups is 1. The molecule has 3 aromatic rings. The number of rotatable bonds is 3. The fourth-order valence-corrected chi connectivity index (χ4v) is 2.93. The molecule has 0 saturated heterocycles. The highest BCUT2D eigenvalue weighted by atomic mass is 35.5. The lowest BCUT2D eigenvalue weighted by atomic mass is 10.2. The highest BCUT2D eigenvalue weighted by Gasteiger charge is 2.30. The normalized spacial score (nSPS) is 15.0. The third kappa shape index (κ3) is 2.78. The number of nitrogens with zero attached hydrogens (tertiary/aromatic N) is 3. The van der Waals surface area contributed by atoms with Crippen molar-refractivity contribution in [2.24, 2.45) is 5.10 Å². The topological polar surface area (TPSA) is 109 Å². The van der Waals surface area contributed by atoms with Crippen molar-refractivity contribution in [1.29, 1.82) is 5.41 Å². The highest BCUT2D eigenvalue weighted by Crippen LogP contribution is 2.27. The summed E-state index contributed by atoms with van der Waals surface area (Å²) in [5.41, 5.74) is 2.29. The van der Waals surface area contributed by atoms with E-state index >= 15 is 0 Å². The molecule has 26 heavy (non-hydrogen) atoms. The molecule has 1 aliphatic heterocycles. The second-order valence-corrected chi connectivity index (χ2v) is 6.21. The zero-order valence-corrected chi connectivity index (χ0v) is 14.2. The minimum atomic E-state index is 0.00141. The Labute approximate surface area is 153 Å². The number of fused-ring (bicyclic) bond motifs is 1. The van der Waals surface area contributed by atoms with Crippen LogP contribution in [0.2, 0.25) is 5.02 Å². The summed E-state index contributed by atoms with van der Waals surface area (Å²) < 4.78 is 0. The Bertz CT molecular complexity index is 1050. The average Bonchev–Trinajstić information content (AvgIpc) is 3.16. The third-order valence-electron chi connectivity index (χ3n) is 4.03. The maximum absolute atomic E-state index is 10.3. The van der Waals surface area contributed by atoms with Crippen molar-refractivity contribution in [1.82, 2.24) is 15.0 Å². The Morgan fingerprint density at radius 2 is 2.04 bits per heavy atom. The number of phenolic OH excluding ortho intramolecular Hbond substituents is 1. The van der Waals surface area contributed by atoms with Crippen LogP contribution in [0.15, 0.2) is 53.3 Å². The first-order valence-electron chi connectivity index (χ1n) is 7.79. The van der Waals surface area contributed by atoms with Gasteiger partial charge in [0.15, 0.2) is 5.84 Å². The van der Waals surface area contributed by atoms with Crippen LogP contribution in [0.4, 0.5) is 0 Å². The van der Waals surface area contributed by atoms with Crippen LogP contribution in [0.5, 0.6) is 5.75 Å². The molecular weight excluding hydrogens is 354 g/mol. The molecule has 0 atom stereocenters. The summed E-state index contributed by atoms with van der Waals surface area (Å²) in [6, 6.07) is 12.1. The summed E-state index contributed by atoms with van der Waals surface area (Å²) in [5, 5.41) is 34.4. The number of nitrogens with one attached hydrogen (secondary N) is 2. The van der Waals surface area contributed by atoms with Gasteiger partial charge in [-0.25, -0.2) is 9.99 Å². The molecule has 0 aliphatic carbocycles.